The van der Waals surface area contributed by atoms with Crippen molar-refractivity contribution in [3.63, 3.8) is 0 Å². The minimum Gasteiger partial charge on any atom is -0.321 e. The molecule has 0 aliphatic carbocycles. The van der Waals surface area contributed by atoms with Crippen molar-refractivity contribution in [2.24, 2.45) is 5.92 Å². The van der Waals surface area contributed by atoms with Crippen LogP contribution in [-0.4, -0.2) is 23.4 Å². The number of hydrogen-bond acceptors (Lipinski definition) is 3. The van der Waals surface area contributed by atoms with Crippen LogP contribution in [0, 0.1) is 12.8 Å². The van der Waals surface area contributed by atoms with Gasteiger partial charge >= 0.3 is 0 Å². The zero-order chi connectivity index (χ0) is 14.0. The van der Waals surface area contributed by atoms with E-state index in [1.807, 2.05) is 11.8 Å². The van der Waals surface area contributed by atoms with Gasteiger partial charge in [-0.15, -0.1) is 11.3 Å². The van der Waals surface area contributed by atoms with Crippen LogP contribution in [0.1, 0.15) is 49.5 Å². The van der Waals surface area contributed by atoms with Crippen LogP contribution in [0.25, 0.3) is 0 Å². The third kappa shape index (κ3) is 3.37. The quantitative estimate of drug-likeness (QED) is 0.897. The average Bonchev–Trinajstić information content (AvgIpc) is 2.87. The van der Waals surface area contributed by atoms with Crippen LogP contribution in [0.2, 0.25) is 0 Å². The summed E-state index contributed by atoms with van der Waals surface area (Å²) in [5.74, 6) is 0.935. The lowest BCUT2D eigenvalue weighted by Gasteiger charge is -2.23. The highest BCUT2D eigenvalue weighted by molar-refractivity contribution is 7.12. The van der Waals surface area contributed by atoms with Crippen LogP contribution in [0.4, 0.5) is 0 Å². The van der Waals surface area contributed by atoms with Crippen molar-refractivity contribution >= 4 is 17.2 Å². The van der Waals surface area contributed by atoms with Crippen molar-refractivity contribution in [2.75, 3.05) is 6.54 Å². The summed E-state index contributed by atoms with van der Waals surface area (Å²) in [7, 11) is 0. The zero-order valence-electron chi connectivity index (χ0n) is 12.3. The molecule has 0 aromatic carbocycles. The number of hydrogen-bond donors (Lipinski definition) is 1. The van der Waals surface area contributed by atoms with E-state index in [1.165, 1.54) is 16.2 Å². The van der Waals surface area contributed by atoms with E-state index < -0.39 is 0 Å². The molecule has 3 nitrogen and oxygen atoms in total. The molecule has 106 valence electrons. The van der Waals surface area contributed by atoms with Gasteiger partial charge in [0.25, 0.3) is 0 Å². The second-order valence-electron chi connectivity index (χ2n) is 5.81. The van der Waals surface area contributed by atoms with Crippen LogP contribution in [0.5, 0.6) is 0 Å². The number of nitrogens with zero attached hydrogens (tertiary/aromatic N) is 1. The molecule has 1 saturated heterocycles. The molecular formula is C15H24N2OS. The van der Waals surface area contributed by atoms with Crippen molar-refractivity contribution in [3.05, 3.63) is 21.9 Å². The van der Waals surface area contributed by atoms with Gasteiger partial charge in [0.1, 0.15) is 6.17 Å². The lowest BCUT2D eigenvalue weighted by atomic mass is 10.1. The van der Waals surface area contributed by atoms with Crippen LogP contribution >= 0.6 is 11.3 Å². The van der Waals surface area contributed by atoms with Crippen LogP contribution in [-0.2, 0) is 4.79 Å². The summed E-state index contributed by atoms with van der Waals surface area (Å²) in [6.07, 6.45) is 2.33. The Hall–Kier alpha value is -0.870. The standard InChI is InChI=1S/C15H24N2OS/c1-10(2)6-5-9-17-14(16-12(4)15(17)18)13-8-7-11(3)19-13/h7-8,10,12,14,16H,5-6,9H2,1-4H3. The van der Waals surface area contributed by atoms with Gasteiger partial charge in [0, 0.05) is 16.3 Å². The van der Waals surface area contributed by atoms with Gasteiger partial charge in [-0.3, -0.25) is 10.1 Å². The molecular weight excluding hydrogens is 256 g/mol. The molecule has 1 aromatic heterocycles. The summed E-state index contributed by atoms with van der Waals surface area (Å²) in [5, 5.41) is 3.41. The normalized spacial score (nSPS) is 23.6. The molecule has 19 heavy (non-hydrogen) atoms. The summed E-state index contributed by atoms with van der Waals surface area (Å²) in [6.45, 7) is 9.38. The topological polar surface area (TPSA) is 32.3 Å². The number of carbonyl (C=O) groups is 1. The van der Waals surface area contributed by atoms with Crippen molar-refractivity contribution in [3.8, 4) is 0 Å². The van der Waals surface area contributed by atoms with Gasteiger partial charge in [0.2, 0.25) is 5.91 Å². The average molecular weight is 280 g/mol. The Bertz CT molecular complexity index is 441. The van der Waals surface area contributed by atoms with Crippen molar-refractivity contribution in [2.45, 2.75) is 52.7 Å². The molecule has 1 N–H and O–H groups in total. The van der Waals surface area contributed by atoms with E-state index in [2.05, 4.69) is 38.2 Å². The van der Waals surface area contributed by atoms with E-state index in [-0.39, 0.29) is 18.1 Å². The minimum absolute atomic E-state index is 0.0635. The second kappa shape index (κ2) is 6.06. The van der Waals surface area contributed by atoms with E-state index in [9.17, 15) is 4.79 Å². The molecule has 1 aromatic rings. The maximum Gasteiger partial charge on any atom is 0.241 e. The number of carbonyl (C=O) groups excluding carboxylic acids is 1. The molecule has 0 radical (unpaired) electrons. The zero-order valence-corrected chi connectivity index (χ0v) is 13.1. The molecule has 2 unspecified atom stereocenters. The number of thiophene rings is 1. The first-order valence-electron chi connectivity index (χ1n) is 7.12. The number of amides is 1. The molecule has 2 rings (SSSR count). The summed E-state index contributed by atoms with van der Waals surface area (Å²) < 4.78 is 0. The van der Waals surface area contributed by atoms with Gasteiger partial charge in [-0.2, -0.15) is 0 Å². The molecule has 2 atom stereocenters. The van der Waals surface area contributed by atoms with Crippen LogP contribution in [0.3, 0.4) is 0 Å². The molecule has 0 bridgehead atoms. The molecule has 0 saturated carbocycles. The first kappa shape index (κ1) is 14.5. The fourth-order valence-electron chi connectivity index (χ4n) is 2.52. The van der Waals surface area contributed by atoms with Crippen LogP contribution in [0.15, 0.2) is 12.1 Å². The van der Waals surface area contributed by atoms with E-state index in [0.717, 1.165) is 13.0 Å². The largest absolute Gasteiger partial charge is 0.321 e. The first-order valence-corrected chi connectivity index (χ1v) is 7.93. The van der Waals surface area contributed by atoms with Crippen molar-refractivity contribution in [1.82, 2.24) is 10.2 Å². The van der Waals surface area contributed by atoms with Gasteiger partial charge in [0.05, 0.1) is 6.04 Å². The molecule has 1 amide bonds. The Morgan fingerprint density at radius 1 is 1.42 bits per heavy atom. The third-order valence-electron chi connectivity index (χ3n) is 3.58. The van der Waals surface area contributed by atoms with Gasteiger partial charge in [-0.05, 0) is 44.7 Å². The Balaban J connectivity index is 2.06. The fraction of sp³-hybridized carbons (Fsp3) is 0.667. The Labute approximate surface area is 120 Å². The Morgan fingerprint density at radius 2 is 2.16 bits per heavy atom. The van der Waals surface area contributed by atoms with E-state index in [0.29, 0.717) is 5.92 Å². The molecule has 2 heterocycles. The van der Waals surface area contributed by atoms with Gasteiger partial charge in [0.15, 0.2) is 0 Å². The smallest absolute Gasteiger partial charge is 0.241 e. The highest BCUT2D eigenvalue weighted by atomic mass is 32.1. The highest BCUT2D eigenvalue weighted by Gasteiger charge is 2.37. The predicted octanol–water partition coefficient (Wildman–Crippen LogP) is 3.31. The summed E-state index contributed by atoms with van der Waals surface area (Å²) >= 11 is 1.78. The van der Waals surface area contributed by atoms with Crippen molar-refractivity contribution < 1.29 is 4.79 Å². The number of nitrogens with one attached hydrogen (secondary N) is 1. The van der Waals surface area contributed by atoms with E-state index in [1.54, 1.807) is 11.3 Å². The maximum atomic E-state index is 12.2. The summed E-state index contributed by atoms with van der Waals surface area (Å²) in [4.78, 5) is 16.8. The minimum atomic E-state index is -0.0635. The Morgan fingerprint density at radius 3 is 2.74 bits per heavy atom. The molecule has 4 heteroatoms. The lowest BCUT2D eigenvalue weighted by molar-refractivity contribution is -0.129. The van der Waals surface area contributed by atoms with Gasteiger partial charge in [-0.25, -0.2) is 0 Å². The molecule has 0 spiro atoms. The lowest BCUT2D eigenvalue weighted by Crippen LogP contribution is -2.31. The second-order valence-corrected chi connectivity index (χ2v) is 7.13. The maximum absolute atomic E-state index is 12.2. The number of aryl methyl sites for hydroxylation is 1. The number of rotatable bonds is 5. The van der Waals surface area contributed by atoms with Crippen LogP contribution < -0.4 is 5.32 Å². The van der Waals surface area contributed by atoms with Gasteiger partial charge < -0.3 is 4.90 Å². The Kier molecular flexibility index (Phi) is 4.63. The SMILES string of the molecule is Cc1ccc(C2NC(C)C(=O)N2CCCC(C)C)s1. The molecule has 1 aliphatic heterocycles. The third-order valence-corrected chi connectivity index (χ3v) is 4.64. The van der Waals surface area contributed by atoms with E-state index in [4.69, 9.17) is 0 Å². The highest BCUT2D eigenvalue weighted by Crippen LogP contribution is 2.30. The predicted molar refractivity (Wildman–Crippen MR) is 80.2 cm³/mol. The fourth-order valence-corrected chi connectivity index (χ4v) is 3.47. The first-order chi connectivity index (χ1) is 8.99. The van der Waals surface area contributed by atoms with Crippen molar-refractivity contribution in [1.29, 1.82) is 0 Å². The molecule has 1 aliphatic rings. The van der Waals surface area contributed by atoms with E-state index >= 15 is 0 Å². The monoisotopic (exact) mass is 280 g/mol. The summed E-state index contributed by atoms with van der Waals surface area (Å²) in [5.41, 5.74) is 0. The van der Waals surface area contributed by atoms with Gasteiger partial charge in [-0.1, -0.05) is 13.8 Å². The summed E-state index contributed by atoms with van der Waals surface area (Å²) in [6, 6.07) is 4.20. The molecule has 1 fully saturated rings.